The second-order valence-corrected chi connectivity index (χ2v) is 5.29. The van der Waals surface area contributed by atoms with E-state index in [2.05, 4.69) is 10.1 Å². The summed E-state index contributed by atoms with van der Waals surface area (Å²) in [5.74, 6) is 1.61. The Morgan fingerprint density at radius 1 is 1.65 bits per heavy atom. The van der Waals surface area contributed by atoms with E-state index in [9.17, 15) is 4.79 Å². The summed E-state index contributed by atoms with van der Waals surface area (Å²) in [6.45, 7) is 3.49. The zero-order chi connectivity index (χ0) is 14.5. The van der Waals surface area contributed by atoms with Gasteiger partial charge in [-0.2, -0.15) is 4.98 Å². The third kappa shape index (κ3) is 3.77. The molecule has 0 aliphatic carbocycles. The zero-order valence-corrected chi connectivity index (χ0v) is 12.0. The van der Waals surface area contributed by atoms with Gasteiger partial charge < -0.3 is 19.9 Å². The van der Waals surface area contributed by atoms with Gasteiger partial charge in [0.15, 0.2) is 5.82 Å². The Labute approximate surface area is 118 Å². The average Bonchev–Trinajstić information content (AvgIpc) is 2.84. The van der Waals surface area contributed by atoms with Crippen molar-refractivity contribution >= 4 is 5.91 Å². The van der Waals surface area contributed by atoms with E-state index in [1.165, 1.54) is 0 Å². The number of ether oxygens (including phenoxy) is 1. The first-order valence-electron chi connectivity index (χ1n) is 6.92. The van der Waals surface area contributed by atoms with Crippen molar-refractivity contribution in [3.63, 3.8) is 0 Å². The van der Waals surface area contributed by atoms with E-state index >= 15 is 0 Å². The Kier molecular flexibility index (Phi) is 5.08. The van der Waals surface area contributed by atoms with Crippen LogP contribution in [0.4, 0.5) is 0 Å². The summed E-state index contributed by atoms with van der Waals surface area (Å²) in [5.41, 5.74) is 5.80. The molecule has 0 bridgehead atoms. The predicted molar refractivity (Wildman–Crippen MR) is 71.9 cm³/mol. The van der Waals surface area contributed by atoms with Gasteiger partial charge in [0.05, 0.1) is 6.61 Å². The average molecular weight is 282 g/mol. The molecule has 0 radical (unpaired) electrons. The highest BCUT2D eigenvalue weighted by atomic mass is 16.5. The maximum absolute atomic E-state index is 12.2. The van der Waals surface area contributed by atoms with Gasteiger partial charge in [0, 0.05) is 33.5 Å². The third-order valence-corrected chi connectivity index (χ3v) is 3.53. The number of likely N-dealkylation sites (tertiary alicyclic amines) is 1. The Morgan fingerprint density at radius 2 is 2.45 bits per heavy atom. The standard InChI is InChI=1S/C13H22N4O3/c1-9-15-12(16-20-9)6-10-4-3-5-17(7-10)13(18)11(14)8-19-2/h10-11H,3-8,14H2,1-2H3. The number of methoxy groups -OCH3 is 1. The second-order valence-electron chi connectivity index (χ2n) is 5.29. The van der Waals surface area contributed by atoms with Crippen LogP contribution in [-0.4, -0.2) is 53.8 Å². The number of piperidine rings is 1. The number of aryl methyl sites for hydroxylation is 1. The normalized spacial score (nSPS) is 20.9. The van der Waals surface area contributed by atoms with E-state index in [0.29, 0.717) is 24.2 Å². The minimum absolute atomic E-state index is 0.0409. The third-order valence-electron chi connectivity index (χ3n) is 3.53. The molecule has 1 aliphatic rings. The molecule has 2 unspecified atom stereocenters. The number of aromatic nitrogens is 2. The van der Waals surface area contributed by atoms with Crippen LogP contribution in [0.3, 0.4) is 0 Å². The van der Waals surface area contributed by atoms with Gasteiger partial charge in [0.25, 0.3) is 0 Å². The molecule has 112 valence electrons. The summed E-state index contributed by atoms with van der Waals surface area (Å²) in [4.78, 5) is 18.2. The predicted octanol–water partition coefficient (Wildman–Crippen LogP) is 0.133. The molecular formula is C13H22N4O3. The monoisotopic (exact) mass is 282 g/mol. The largest absolute Gasteiger partial charge is 0.383 e. The fourth-order valence-corrected chi connectivity index (χ4v) is 2.60. The van der Waals surface area contributed by atoms with Gasteiger partial charge >= 0.3 is 0 Å². The molecule has 2 N–H and O–H groups in total. The molecule has 2 atom stereocenters. The van der Waals surface area contributed by atoms with Crippen molar-refractivity contribution in [3.8, 4) is 0 Å². The van der Waals surface area contributed by atoms with Gasteiger partial charge in [-0.15, -0.1) is 0 Å². The smallest absolute Gasteiger partial charge is 0.241 e. The lowest BCUT2D eigenvalue weighted by Crippen LogP contribution is -2.49. The van der Waals surface area contributed by atoms with Crippen LogP contribution in [0.5, 0.6) is 0 Å². The second kappa shape index (κ2) is 6.81. The topological polar surface area (TPSA) is 94.5 Å². The Balaban J connectivity index is 1.89. The van der Waals surface area contributed by atoms with Crippen molar-refractivity contribution in [2.75, 3.05) is 26.8 Å². The van der Waals surface area contributed by atoms with Crippen LogP contribution < -0.4 is 5.73 Å². The summed E-state index contributed by atoms with van der Waals surface area (Å²) >= 11 is 0. The van der Waals surface area contributed by atoms with Gasteiger partial charge in [-0.3, -0.25) is 4.79 Å². The molecule has 2 heterocycles. The number of nitrogens with zero attached hydrogens (tertiary/aromatic N) is 3. The highest BCUT2D eigenvalue weighted by Gasteiger charge is 2.27. The van der Waals surface area contributed by atoms with Crippen molar-refractivity contribution in [1.82, 2.24) is 15.0 Å². The lowest BCUT2D eigenvalue weighted by Gasteiger charge is -2.33. The first-order chi connectivity index (χ1) is 9.60. The van der Waals surface area contributed by atoms with E-state index in [1.54, 1.807) is 14.0 Å². The van der Waals surface area contributed by atoms with E-state index < -0.39 is 6.04 Å². The molecule has 2 rings (SSSR count). The highest BCUT2D eigenvalue weighted by molar-refractivity contribution is 5.81. The summed E-state index contributed by atoms with van der Waals surface area (Å²) in [5, 5.41) is 3.91. The van der Waals surface area contributed by atoms with E-state index in [-0.39, 0.29) is 12.5 Å². The van der Waals surface area contributed by atoms with Gasteiger partial charge in [-0.1, -0.05) is 5.16 Å². The van der Waals surface area contributed by atoms with Crippen LogP contribution in [0.25, 0.3) is 0 Å². The number of hydrogen-bond donors (Lipinski definition) is 1. The molecule has 1 aliphatic heterocycles. The minimum Gasteiger partial charge on any atom is -0.383 e. The highest BCUT2D eigenvalue weighted by Crippen LogP contribution is 2.20. The molecule has 7 nitrogen and oxygen atoms in total. The summed E-state index contributed by atoms with van der Waals surface area (Å²) in [7, 11) is 1.55. The summed E-state index contributed by atoms with van der Waals surface area (Å²) in [6, 6.07) is -0.578. The molecule has 0 saturated carbocycles. The number of hydrogen-bond acceptors (Lipinski definition) is 6. The van der Waals surface area contributed by atoms with Gasteiger partial charge in [-0.25, -0.2) is 0 Å². The maximum atomic E-state index is 12.2. The van der Waals surface area contributed by atoms with E-state index in [1.807, 2.05) is 4.90 Å². The van der Waals surface area contributed by atoms with Crippen molar-refractivity contribution in [3.05, 3.63) is 11.7 Å². The summed E-state index contributed by atoms with van der Waals surface area (Å²) in [6.07, 6.45) is 2.78. The van der Waals surface area contributed by atoms with E-state index in [0.717, 1.165) is 25.8 Å². The van der Waals surface area contributed by atoms with Crippen LogP contribution in [-0.2, 0) is 16.0 Å². The SMILES string of the molecule is COCC(N)C(=O)N1CCCC(Cc2noc(C)n2)C1. The molecule has 0 spiro atoms. The molecule has 1 aromatic rings. The van der Waals surface area contributed by atoms with Crippen molar-refractivity contribution in [1.29, 1.82) is 0 Å². The van der Waals surface area contributed by atoms with Gasteiger partial charge in [-0.05, 0) is 18.8 Å². The van der Waals surface area contributed by atoms with Crippen molar-refractivity contribution in [2.24, 2.45) is 11.7 Å². The molecule has 1 aromatic heterocycles. The van der Waals surface area contributed by atoms with Crippen molar-refractivity contribution < 1.29 is 14.1 Å². The lowest BCUT2D eigenvalue weighted by atomic mass is 9.94. The first kappa shape index (κ1) is 14.9. The summed E-state index contributed by atoms with van der Waals surface area (Å²) < 4.78 is 9.91. The first-order valence-corrected chi connectivity index (χ1v) is 6.92. The maximum Gasteiger partial charge on any atom is 0.241 e. The molecule has 0 aromatic carbocycles. The molecule has 1 saturated heterocycles. The van der Waals surface area contributed by atoms with Crippen LogP contribution >= 0.6 is 0 Å². The van der Waals surface area contributed by atoms with Gasteiger partial charge in [0.1, 0.15) is 6.04 Å². The van der Waals surface area contributed by atoms with E-state index in [4.69, 9.17) is 15.0 Å². The van der Waals surface area contributed by atoms with Crippen molar-refractivity contribution in [2.45, 2.75) is 32.2 Å². The number of rotatable bonds is 5. The fourth-order valence-electron chi connectivity index (χ4n) is 2.60. The molecule has 20 heavy (non-hydrogen) atoms. The molecule has 1 fully saturated rings. The number of carbonyl (C=O) groups excluding carboxylic acids is 1. The van der Waals surface area contributed by atoms with Gasteiger partial charge in [0.2, 0.25) is 11.8 Å². The molecule has 7 heteroatoms. The van der Waals surface area contributed by atoms with Crippen LogP contribution in [0.15, 0.2) is 4.52 Å². The van der Waals surface area contributed by atoms with Crippen LogP contribution in [0.1, 0.15) is 24.6 Å². The van der Waals surface area contributed by atoms with Crippen LogP contribution in [0, 0.1) is 12.8 Å². The number of nitrogens with two attached hydrogens (primary N) is 1. The Morgan fingerprint density at radius 3 is 3.10 bits per heavy atom. The lowest BCUT2D eigenvalue weighted by molar-refractivity contribution is -0.135. The van der Waals surface area contributed by atoms with Crippen LogP contribution in [0.2, 0.25) is 0 Å². The Bertz CT molecular complexity index is 449. The Hall–Kier alpha value is -1.47. The number of amides is 1. The molecular weight excluding hydrogens is 260 g/mol. The molecule has 1 amide bonds. The minimum atomic E-state index is -0.578. The number of carbonyl (C=O) groups is 1. The zero-order valence-electron chi connectivity index (χ0n) is 12.0. The fraction of sp³-hybridized carbons (Fsp3) is 0.769. The quantitative estimate of drug-likeness (QED) is 0.825.